The lowest BCUT2D eigenvalue weighted by Gasteiger charge is -2.29. The normalized spacial score (nSPS) is 20.4. The number of carbonyl (C=O) groups is 3. The van der Waals surface area contributed by atoms with Gasteiger partial charge in [0.2, 0.25) is 0 Å². The summed E-state index contributed by atoms with van der Waals surface area (Å²) >= 11 is 5.85. The van der Waals surface area contributed by atoms with E-state index >= 15 is 0 Å². The quantitative estimate of drug-likeness (QED) is 0.616. The highest BCUT2D eigenvalue weighted by atomic mass is 35.5. The number of nitrogens with one attached hydrogen (secondary N) is 2. The fourth-order valence-electron chi connectivity index (χ4n) is 3.27. The first kappa shape index (κ1) is 21.0. The van der Waals surface area contributed by atoms with E-state index in [4.69, 9.17) is 22.1 Å². The van der Waals surface area contributed by atoms with Gasteiger partial charge in [0.1, 0.15) is 0 Å². The zero-order valence-electron chi connectivity index (χ0n) is 15.4. The molecule has 0 heterocycles. The summed E-state index contributed by atoms with van der Waals surface area (Å²) in [4.78, 5) is 35.4. The van der Waals surface area contributed by atoms with Gasteiger partial charge in [-0.05, 0) is 36.5 Å². The van der Waals surface area contributed by atoms with Gasteiger partial charge in [-0.2, -0.15) is 0 Å². The molecule has 0 unspecified atom stereocenters. The highest BCUT2D eigenvalue weighted by molar-refractivity contribution is 6.30. The van der Waals surface area contributed by atoms with E-state index in [1.807, 2.05) is 0 Å². The Bertz CT molecular complexity index is 665. The van der Waals surface area contributed by atoms with Crippen molar-refractivity contribution in [1.29, 1.82) is 0 Å². The molecule has 27 heavy (non-hydrogen) atoms. The lowest BCUT2D eigenvalue weighted by molar-refractivity contribution is -0.149. The van der Waals surface area contributed by atoms with Gasteiger partial charge in [-0.15, -0.1) is 0 Å². The zero-order chi connectivity index (χ0) is 19.8. The van der Waals surface area contributed by atoms with E-state index in [1.54, 1.807) is 24.3 Å². The maximum Gasteiger partial charge on any atom is 0.312 e. The molecule has 3 amide bonds. The van der Waals surface area contributed by atoms with Gasteiger partial charge in [-0.25, -0.2) is 4.79 Å². The Balaban J connectivity index is 1.84. The number of benzene rings is 1. The van der Waals surface area contributed by atoms with Crippen molar-refractivity contribution in [1.82, 2.24) is 10.6 Å². The number of hydrogen-bond donors (Lipinski definition) is 3. The Morgan fingerprint density at radius 3 is 2.52 bits per heavy atom. The monoisotopic (exact) mass is 395 g/mol. The topological polar surface area (TPSA) is 111 Å². The third kappa shape index (κ3) is 7.09. The van der Waals surface area contributed by atoms with Gasteiger partial charge in [0, 0.05) is 11.1 Å². The van der Waals surface area contributed by atoms with Gasteiger partial charge in [-0.3, -0.25) is 9.59 Å². The number of amides is 3. The van der Waals surface area contributed by atoms with Gasteiger partial charge in [0.15, 0.2) is 6.61 Å². The summed E-state index contributed by atoms with van der Waals surface area (Å²) < 4.78 is 5.07. The molecule has 0 bridgehead atoms. The number of carbonyl (C=O) groups excluding carboxylic acids is 3. The van der Waals surface area contributed by atoms with Gasteiger partial charge >= 0.3 is 12.0 Å². The number of esters is 1. The largest absolute Gasteiger partial charge is 0.456 e. The molecule has 8 heteroatoms. The minimum absolute atomic E-state index is 0.128. The second kappa shape index (κ2) is 10.2. The molecule has 1 fully saturated rings. The second-order valence-electron chi connectivity index (χ2n) is 6.91. The molecule has 3 atom stereocenters. The van der Waals surface area contributed by atoms with Crippen molar-refractivity contribution in [2.75, 3.05) is 6.61 Å². The number of rotatable bonds is 7. The molecule has 1 saturated carbocycles. The molecule has 1 aliphatic rings. The molecule has 7 nitrogen and oxygen atoms in total. The second-order valence-corrected chi connectivity index (χ2v) is 7.35. The lowest BCUT2D eigenvalue weighted by Crippen LogP contribution is -2.43. The van der Waals surface area contributed by atoms with Crippen LogP contribution >= 0.6 is 11.6 Å². The third-order valence-corrected chi connectivity index (χ3v) is 5.03. The average molecular weight is 396 g/mol. The first-order chi connectivity index (χ1) is 12.8. The number of urea groups is 1. The van der Waals surface area contributed by atoms with E-state index < -0.39 is 18.0 Å². The smallest absolute Gasteiger partial charge is 0.312 e. The van der Waals surface area contributed by atoms with Crippen molar-refractivity contribution in [2.24, 2.45) is 11.7 Å². The molecule has 0 radical (unpaired) electrons. The molecular formula is C19H26ClN3O4. The highest BCUT2D eigenvalue weighted by Gasteiger charge is 2.24. The van der Waals surface area contributed by atoms with Crippen LogP contribution in [0.4, 0.5) is 4.79 Å². The van der Waals surface area contributed by atoms with Crippen LogP contribution in [0.15, 0.2) is 24.3 Å². The van der Waals surface area contributed by atoms with Gasteiger partial charge in [-0.1, -0.05) is 43.5 Å². The summed E-state index contributed by atoms with van der Waals surface area (Å²) in [5.41, 5.74) is 5.85. The van der Waals surface area contributed by atoms with Crippen LogP contribution in [0.2, 0.25) is 5.02 Å². The van der Waals surface area contributed by atoms with Crippen LogP contribution in [0.5, 0.6) is 0 Å². The van der Waals surface area contributed by atoms with Crippen molar-refractivity contribution in [2.45, 2.75) is 51.1 Å². The summed E-state index contributed by atoms with van der Waals surface area (Å²) in [7, 11) is 0. The van der Waals surface area contributed by atoms with Crippen molar-refractivity contribution < 1.29 is 19.1 Å². The minimum Gasteiger partial charge on any atom is -0.456 e. The summed E-state index contributed by atoms with van der Waals surface area (Å²) in [5.74, 6) is -0.490. The van der Waals surface area contributed by atoms with Crippen molar-refractivity contribution in [3.63, 3.8) is 0 Å². The van der Waals surface area contributed by atoms with Crippen LogP contribution in [0.1, 0.15) is 50.6 Å². The predicted octanol–water partition coefficient (Wildman–Crippen LogP) is 2.68. The maximum absolute atomic E-state index is 12.1. The molecule has 2 rings (SSSR count). The van der Waals surface area contributed by atoms with E-state index in [0.717, 1.165) is 19.3 Å². The number of hydrogen-bond acceptors (Lipinski definition) is 4. The molecule has 1 aromatic rings. The Morgan fingerprint density at radius 1 is 1.22 bits per heavy atom. The summed E-state index contributed by atoms with van der Waals surface area (Å²) in [6, 6.07) is 5.39. The van der Waals surface area contributed by atoms with Crippen molar-refractivity contribution in [3.05, 3.63) is 34.9 Å². The molecule has 1 aliphatic carbocycles. The highest BCUT2D eigenvalue weighted by Crippen LogP contribution is 2.23. The van der Waals surface area contributed by atoms with E-state index in [9.17, 15) is 14.4 Å². The van der Waals surface area contributed by atoms with Crippen LogP contribution in [0.25, 0.3) is 0 Å². The van der Waals surface area contributed by atoms with Crippen LogP contribution in [0, 0.1) is 5.92 Å². The van der Waals surface area contributed by atoms with Crippen LogP contribution in [-0.2, 0) is 14.3 Å². The first-order valence-electron chi connectivity index (χ1n) is 9.11. The fraction of sp³-hybridized carbons (Fsp3) is 0.526. The molecule has 0 saturated heterocycles. The predicted molar refractivity (Wildman–Crippen MR) is 102 cm³/mol. The van der Waals surface area contributed by atoms with Gasteiger partial charge in [0.05, 0.1) is 12.5 Å². The van der Waals surface area contributed by atoms with Crippen molar-refractivity contribution >= 4 is 29.5 Å². The first-order valence-corrected chi connectivity index (χ1v) is 9.49. The summed E-state index contributed by atoms with van der Waals surface area (Å²) in [6.07, 6.45) is 4.17. The number of primary amides is 1. The van der Waals surface area contributed by atoms with Crippen LogP contribution in [0.3, 0.4) is 0 Å². The number of halogens is 1. The standard InChI is InChI=1S/C19H26ClN3O4/c1-12-4-2-3-5-15(12)22-17(24)11-27-18(25)10-16(23-19(21)26)13-6-8-14(20)9-7-13/h6-9,12,15-16H,2-5,10-11H2,1H3,(H,22,24)(H3,21,23,26)/t12-,15+,16+/m1/s1. The maximum atomic E-state index is 12.1. The van der Waals surface area contributed by atoms with E-state index in [2.05, 4.69) is 17.6 Å². The van der Waals surface area contributed by atoms with Gasteiger partial charge < -0.3 is 21.1 Å². The third-order valence-electron chi connectivity index (χ3n) is 4.78. The molecule has 0 aliphatic heterocycles. The average Bonchev–Trinajstić information content (AvgIpc) is 2.62. The Hall–Kier alpha value is -2.28. The Kier molecular flexibility index (Phi) is 7.91. The van der Waals surface area contributed by atoms with Crippen molar-refractivity contribution in [3.8, 4) is 0 Å². The van der Waals surface area contributed by atoms with E-state index in [0.29, 0.717) is 16.5 Å². The fourth-order valence-corrected chi connectivity index (χ4v) is 3.40. The molecule has 1 aromatic carbocycles. The number of nitrogens with two attached hydrogens (primary N) is 1. The van der Waals surface area contributed by atoms with Gasteiger partial charge in [0.25, 0.3) is 5.91 Å². The zero-order valence-corrected chi connectivity index (χ0v) is 16.1. The summed E-state index contributed by atoms with van der Waals surface area (Å²) in [6.45, 7) is 1.77. The molecule has 148 valence electrons. The summed E-state index contributed by atoms with van der Waals surface area (Å²) in [5, 5.41) is 5.96. The molecule has 4 N–H and O–H groups in total. The number of ether oxygens (including phenoxy) is 1. The van der Waals surface area contributed by atoms with Crippen LogP contribution in [-0.4, -0.2) is 30.6 Å². The molecular weight excluding hydrogens is 370 g/mol. The Labute approximate surface area is 164 Å². The molecule has 0 spiro atoms. The SMILES string of the molecule is C[C@@H]1CCCC[C@@H]1NC(=O)COC(=O)C[C@H](NC(N)=O)c1ccc(Cl)cc1. The lowest BCUT2D eigenvalue weighted by atomic mass is 9.86. The molecule has 0 aromatic heterocycles. The minimum atomic E-state index is -0.758. The van der Waals surface area contributed by atoms with Crippen LogP contribution < -0.4 is 16.4 Å². The van der Waals surface area contributed by atoms with E-state index in [1.165, 1.54) is 6.42 Å². The van der Waals surface area contributed by atoms with E-state index in [-0.39, 0.29) is 25.0 Å². The Morgan fingerprint density at radius 2 is 1.89 bits per heavy atom.